The number of anilines is 2. The Balaban J connectivity index is 1.51. The molecule has 4 N–H and O–H groups in total. The molecule has 1 unspecified atom stereocenters. The zero-order valence-corrected chi connectivity index (χ0v) is 30.7. The quantitative estimate of drug-likeness (QED) is 0.195. The van der Waals surface area contributed by atoms with Gasteiger partial charge in [0.15, 0.2) is 13.9 Å². The first-order valence-corrected chi connectivity index (χ1v) is 20.9. The molecule has 3 amide bonds. The summed E-state index contributed by atoms with van der Waals surface area (Å²) in [4.78, 5) is 56.9. The summed E-state index contributed by atoms with van der Waals surface area (Å²) in [5, 5.41) is 16.3. The molecule has 0 aliphatic carbocycles. The zero-order chi connectivity index (χ0) is 34.8. The molecule has 264 valence electrons. The van der Waals surface area contributed by atoms with Crippen LogP contribution in [0.2, 0.25) is 18.6 Å². The Morgan fingerprint density at radius 1 is 1.17 bits per heavy atom. The highest BCUT2D eigenvalue weighted by Gasteiger charge is 2.66. The minimum absolute atomic E-state index is 0.0291. The monoisotopic (exact) mass is 680 g/mol. The first-order chi connectivity index (χ1) is 22.8. The molecule has 1 aromatic rings. The minimum Gasteiger partial charge on any atom is -0.432 e. The predicted molar refractivity (Wildman–Crippen MR) is 191 cm³/mol. The van der Waals surface area contributed by atoms with E-state index in [-0.39, 0.29) is 42.7 Å². The number of benzene rings is 1. The fourth-order valence-electron chi connectivity index (χ4n) is 8.44. The molecule has 48 heavy (non-hydrogen) atoms. The minimum atomic E-state index is -2.98. The van der Waals surface area contributed by atoms with Crippen molar-refractivity contribution in [3.8, 4) is 0 Å². The average Bonchev–Trinajstić information content (AvgIpc) is 3.70. The number of likely N-dealkylation sites (tertiary alicyclic amines) is 1. The van der Waals surface area contributed by atoms with E-state index < -0.39 is 31.5 Å². The second-order valence-corrected chi connectivity index (χ2v) is 19.2. The van der Waals surface area contributed by atoms with E-state index in [4.69, 9.17) is 4.74 Å². The molecule has 1 aromatic carbocycles. The van der Waals surface area contributed by atoms with Crippen LogP contribution in [0.15, 0.2) is 41.5 Å². The first kappa shape index (κ1) is 36.4. The van der Waals surface area contributed by atoms with Gasteiger partial charge in [-0.2, -0.15) is 0 Å². The van der Waals surface area contributed by atoms with Crippen LogP contribution < -0.4 is 15.5 Å². The number of carbonyl (C=O) groups excluding carboxylic acids is 3. The number of fused-ring (bicyclic) bond motifs is 2. The summed E-state index contributed by atoms with van der Waals surface area (Å²) in [6.07, 6.45) is 8.83. The van der Waals surface area contributed by atoms with Gasteiger partial charge in [-0.1, -0.05) is 30.2 Å². The molecule has 0 aromatic heterocycles. The molecule has 5 rings (SSSR count). The fraction of sp³-hybridized carbons (Fsp3) is 0.649. The first-order valence-electron chi connectivity index (χ1n) is 17.9. The number of hydrogen-bond acceptors (Lipinski definition) is 7. The molecule has 0 bridgehead atoms. The molecule has 3 saturated heterocycles. The number of hydrogen-bond donors (Lipinski definition) is 4. The van der Waals surface area contributed by atoms with Gasteiger partial charge in [0.1, 0.15) is 0 Å². The van der Waals surface area contributed by atoms with Crippen LogP contribution in [-0.2, 0) is 24.7 Å². The standard InChI is InChI=1S/C37H56N4O6Si/c1-24(2)10-7-11-25(3)16-19-41-31-15-14-28(39-35(44)27-12-8-17-38-22-27)20-30(31)37(36(41)45)26(4)34(48(5,6)46)32(47-37)21-33(43)40-18-9-13-29(40)23-42/h10,14-16,20,26-27,29,32,34,38,42,46H,7-9,11-13,17-19,21-23H2,1-6H3,(H,39,44)/b25-16+/t26-,27?,29+,32+,34-,37+/m1/s1. The number of nitrogens with one attached hydrogen (secondary N) is 2. The normalized spacial score (nSPS) is 29.0. The van der Waals surface area contributed by atoms with E-state index in [0.717, 1.165) is 50.8 Å². The smallest absolute Gasteiger partial charge is 0.264 e. The maximum atomic E-state index is 14.8. The van der Waals surface area contributed by atoms with Crippen molar-refractivity contribution in [3.63, 3.8) is 0 Å². The van der Waals surface area contributed by atoms with Gasteiger partial charge in [-0.15, -0.1) is 0 Å². The van der Waals surface area contributed by atoms with Crippen molar-refractivity contribution in [2.45, 2.75) is 109 Å². The summed E-state index contributed by atoms with van der Waals surface area (Å²) >= 11 is 0. The van der Waals surface area contributed by atoms with E-state index in [1.54, 1.807) is 9.80 Å². The van der Waals surface area contributed by atoms with Crippen molar-refractivity contribution < 1.29 is 29.0 Å². The van der Waals surface area contributed by atoms with E-state index >= 15 is 0 Å². The van der Waals surface area contributed by atoms with Crippen LogP contribution in [0.25, 0.3) is 0 Å². The van der Waals surface area contributed by atoms with E-state index in [0.29, 0.717) is 30.9 Å². The van der Waals surface area contributed by atoms with Gasteiger partial charge in [0, 0.05) is 42.3 Å². The summed E-state index contributed by atoms with van der Waals surface area (Å²) in [6, 6.07) is 5.40. The Bertz CT molecular complexity index is 1430. The highest BCUT2D eigenvalue weighted by atomic mass is 28.4. The maximum absolute atomic E-state index is 14.8. The molecule has 4 heterocycles. The van der Waals surface area contributed by atoms with Crippen LogP contribution in [0.5, 0.6) is 0 Å². The summed E-state index contributed by atoms with van der Waals surface area (Å²) < 4.78 is 6.93. The lowest BCUT2D eigenvalue weighted by Crippen LogP contribution is -2.46. The van der Waals surface area contributed by atoms with Crippen molar-refractivity contribution in [2.24, 2.45) is 11.8 Å². The second kappa shape index (κ2) is 15.0. The summed E-state index contributed by atoms with van der Waals surface area (Å²) in [7, 11) is -2.98. The number of aliphatic hydroxyl groups is 1. The predicted octanol–water partition coefficient (Wildman–Crippen LogP) is 4.84. The molecular formula is C37H56N4O6Si. The van der Waals surface area contributed by atoms with Crippen molar-refractivity contribution in [3.05, 3.63) is 47.1 Å². The van der Waals surface area contributed by atoms with Gasteiger partial charge >= 0.3 is 0 Å². The van der Waals surface area contributed by atoms with Gasteiger partial charge in [0.2, 0.25) is 11.8 Å². The van der Waals surface area contributed by atoms with Gasteiger partial charge in [-0.05, 0) is 97.1 Å². The third-order valence-electron chi connectivity index (χ3n) is 10.9. The SMILES string of the molecule is CC(C)=CCC/C(C)=C/CN1C(=O)[C@@]2(O[C@@H](CC(=O)N3CCC[C@H]3CO)[C@H]([Si](C)(C)O)[C@H]2C)c2cc(NC(=O)C3CCCNC3)ccc21. The van der Waals surface area contributed by atoms with E-state index in [9.17, 15) is 24.3 Å². The van der Waals surface area contributed by atoms with Crippen molar-refractivity contribution in [1.29, 1.82) is 0 Å². The van der Waals surface area contributed by atoms with Gasteiger partial charge in [-0.25, -0.2) is 0 Å². The van der Waals surface area contributed by atoms with Crippen molar-refractivity contribution in [2.75, 3.05) is 43.0 Å². The third-order valence-corrected chi connectivity index (χ3v) is 13.4. The largest absolute Gasteiger partial charge is 0.432 e. The Morgan fingerprint density at radius 2 is 1.94 bits per heavy atom. The Morgan fingerprint density at radius 3 is 2.60 bits per heavy atom. The number of amides is 3. The number of aliphatic hydroxyl groups excluding tert-OH is 1. The molecule has 10 nitrogen and oxygen atoms in total. The van der Waals surface area contributed by atoms with Gasteiger partial charge in [0.05, 0.1) is 36.8 Å². The summed E-state index contributed by atoms with van der Waals surface area (Å²) in [5.41, 5.74) is 2.63. The molecule has 4 aliphatic rings. The number of rotatable bonds is 11. The summed E-state index contributed by atoms with van der Waals surface area (Å²) in [6.45, 7) is 14.3. The fourth-order valence-corrected chi connectivity index (χ4v) is 11.0. The second-order valence-electron chi connectivity index (χ2n) is 15.2. The number of piperidine rings is 1. The van der Waals surface area contributed by atoms with E-state index in [2.05, 4.69) is 43.6 Å². The number of nitrogens with zero attached hydrogens (tertiary/aromatic N) is 2. The number of allylic oxidation sites excluding steroid dienone is 3. The Hall–Kier alpha value is -2.83. The highest BCUT2D eigenvalue weighted by molar-refractivity contribution is 6.71. The lowest BCUT2D eigenvalue weighted by molar-refractivity contribution is -0.149. The van der Waals surface area contributed by atoms with Gasteiger partial charge in [0.25, 0.3) is 5.91 Å². The lowest BCUT2D eigenvalue weighted by Gasteiger charge is -2.33. The van der Waals surface area contributed by atoms with Gasteiger partial charge < -0.3 is 35.1 Å². The van der Waals surface area contributed by atoms with Crippen molar-refractivity contribution in [1.82, 2.24) is 10.2 Å². The van der Waals surface area contributed by atoms with E-state index in [1.807, 2.05) is 38.2 Å². The molecule has 4 aliphatic heterocycles. The molecule has 0 radical (unpaired) electrons. The van der Waals surface area contributed by atoms with Gasteiger partial charge in [-0.3, -0.25) is 14.4 Å². The Labute approximate surface area is 287 Å². The lowest BCUT2D eigenvalue weighted by atomic mass is 9.82. The van der Waals surface area contributed by atoms with Crippen LogP contribution in [0.4, 0.5) is 11.4 Å². The van der Waals surface area contributed by atoms with Crippen LogP contribution in [0.3, 0.4) is 0 Å². The number of ether oxygens (including phenoxy) is 1. The zero-order valence-electron chi connectivity index (χ0n) is 29.7. The van der Waals surface area contributed by atoms with Crippen LogP contribution in [0.1, 0.15) is 78.2 Å². The third kappa shape index (κ3) is 7.35. The summed E-state index contributed by atoms with van der Waals surface area (Å²) in [5.74, 6) is -0.937. The van der Waals surface area contributed by atoms with Crippen LogP contribution >= 0.6 is 0 Å². The van der Waals surface area contributed by atoms with Crippen LogP contribution in [-0.4, -0.2) is 85.8 Å². The average molecular weight is 681 g/mol. The molecule has 0 saturated carbocycles. The maximum Gasteiger partial charge on any atom is 0.264 e. The molecule has 6 atom stereocenters. The Kier molecular flexibility index (Phi) is 11.4. The topological polar surface area (TPSA) is 131 Å². The highest BCUT2D eigenvalue weighted by Crippen LogP contribution is 2.60. The van der Waals surface area contributed by atoms with Crippen LogP contribution in [0, 0.1) is 11.8 Å². The van der Waals surface area contributed by atoms with Crippen molar-refractivity contribution >= 4 is 37.4 Å². The van der Waals surface area contributed by atoms with E-state index in [1.165, 1.54) is 11.1 Å². The number of carbonyl (C=O) groups is 3. The molecule has 11 heteroatoms. The molecule has 3 fully saturated rings. The molecular weight excluding hydrogens is 625 g/mol. The molecule has 1 spiro atoms.